The van der Waals surface area contributed by atoms with E-state index in [1.165, 1.54) is 0 Å². The van der Waals surface area contributed by atoms with Crippen molar-refractivity contribution >= 4 is 34.2 Å². The van der Waals surface area contributed by atoms with Gasteiger partial charge < -0.3 is 11.1 Å². The lowest BCUT2D eigenvalue weighted by Gasteiger charge is -2.18. The molecule has 0 radical (unpaired) electrons. The average Bonchev–Trinajstić information content (AvgIpc) is 3.05. The van der Waals surface area contributed by atoms with Gasteiger partial charge in [0.05, 0.1) is 5.69 Å². The van der Waals surface area contributed by atoms with Gasteiger partial charge in [-0.05, 0) is 51.3 Å². The van der Waals surface area contributed by atoms with Crippen LogP contribution in [0.3, 0.4) is 0 Å². The van der Waals surface area contributed by atoms with Crippen molar-refractivity contribution in [3.63, 3.8) is 0 Å². The van der Waals surface area contributed by atoms with Crippen LogP contribution >= 0.6 is 28.3 Å². The van der Waals surface area contributed by atoms with E-state index in [0.29, 0.717) is 12.2 Å². The first-order valence-electron chi connectivity index (χ1n) is 7.79. The molecule has 0 spiro atoms. The van der Waals surface area contributed by atoms with Gasteiger partial charge in [-0.3, -0.25) is 4.79 Å². The SMILES string of the molecule is CC(C)(N)CNC(=O)c1nn(-c2cccc(Br)c2)c2c1CCC2.Cl. The van der Waals surface area contributed by atoms with Gasteiger partial charge in [0.2, 0.25) is 0 Å². The van der Waals surface area contributed by atoms with Gasteiger partial charge in [0, 0.05) is 27.8 Å². The Morgan fingerprint density at radius 1 is 1.42 bits per heavy atom. The smallest absolute Gasteiger partial charge is 0.272 e. The van der Waals surface area contributed by atoms with Gasteiger partial charge in [-0.25, -0.2) is 4.68 Å². The van der Waals surface area contributed by atoms with E-state index >= 15 is 0 Å². The summed E-state index contributed by atoms with van der Waals surface area (Å²) in [5.41, 5.74) is 9.21. The van der Waals surface area contributed by atoms with Crippen molar-refractivity contribution in [3.8, 4) is 5.69 Å². The Kier molecular flexibility index (Phi) is 5.73. The van der Waals surface area contributed by atoms with E-state index in [-0.39, 0.29) is 18.3 Å². The van der Waals surface area contributed by atoms with E-state index in [1.54, 1.807) is 0 Å². The second-order valence-electron chi connectivity index (χ2n) is 6.69. The van der Waals surface area contributed by atoms with Gasteiger partial charge in [-0.15, -0.1) is 12.4 Å². The summed E-state index contributed by atoms with van der Waals surface area (Å²) >= 11 is 3.49. The Morgan fingerprint density at radius 3 is 2.83 bits per heavy atom. The third kappa shape index (κ3) is 3.99. The van der Waals surface area contributed by atoms with Gasteiger partial charge >= 0.3 is 0 Å². The zero-order valence-electron chi connectivity index (χ0n) is 13.8. The molecule has 0 atom stereocenters. The number of hydrogen-bond acceptors (Lipinski definition) is 3. The Bertz CT molecular complexity index is 752. The number of halogens is 2. The summed E-state index contributed by atoms with van der Waals surface area (Å²) < 4.78 is 2.89. The molecule has 3 N–H and O–H groups in total. The third-order valence-corrected chi connectivity index (χ3v) is 4.40. The number of hydrogen-bond donors (Lipinski definition) is 2. The minimum absolute atomic E-state index is 0. The Morgan fingerprint density at radius 2 is 2.17 bits per heavy atom. The summed E-state index contributed by atoms with van der Waals surface area (Å²) in [5.74, 6) is -0.143. The number of aromatic nitrogens is 2. The molecule has 1 aromatic carbocycles. The highest BCUT2D eigenvalue weighted by atomic mass is 79.9. The van der Waals surface area contributed by atoms with Crippen LogP contribution < -0.4 is 11.1 Å². The molecule has 1 amide bonds. The van der Waals surface area contributed by atoms with Crippen molar-refractivity contribution in [2.75, 3.05) is 6.54 Å². The summed E-state index contributed by atoms with van der Waals surface area (Å²) in [6.45, 7) is 4.19. The minimum Gasteiger partial charge on any atom is -0.349 e. The molecule has 0 saturated heterocycles. The molecule has 5 nitrogen and oxygen atoms in total. The zero-order chi connectivity index (χ0) is 16.6. The first-order valence-corrected chi connectivity index (χ1v) is 8.58. The number of fused-ring (bicyclic) bond motifs is 1. The minimum atomic E-state index is -0.439. The number of nitrogens with two attached hydrogens (primary N) is 1. The number of carbonyl (C=O) groups excluding carboxylic acids is 1. The fourth-order valence-electron chi connectivity index (χ4n) is 2.83. The van der Waals surface area contributed by atoms with Crippen LogP contribution in [-0.4, -0.2) is 27.8 Å². The summed E-state index contributed by atoms with van der Waals surface area (Å²) in [7, 11) is 0. The number of nitrogens with zero attached hydrogens (tertiary/aromatic N) is 2. The maximum absolute atomic E-state index is 12.5. The predicted molar refractivity (Wildman–Crippen MR) is 101 cm³/mol. The molecule has 1 aliphatic carbocycles. The molecular formula is C17H22BrClN4O. The molecule has 0 aliphatic heterocycles. The maximum Gasteiger partial charge on any atom is 0.272 e. The summed E-state index contributed by atoms with van der Waals surface area (Å²) in [4.78, 5) is 12.5. The first kappa shape index (κ1) is 19.0. The number of carbonyl (C=O) groups is 1. The molecule has 130 valence electrons. The van der Waals surface area contributed by atoms with Crippen LogP contribution in [-0.2, 0) is 12.8 Å². The third-order valence-electron chi connectivity index (χ3n) is 3.90. The average molecular weight is 414 g/mol. The molecule has 3 rings (SSSR count). The fraction of sp³-hybridized carbons (Fsp3) is 0.412. The number of amides is 1. The standard InChI is InChI=1S/C17H21BrN4O.ClH/c1-17(2,19)10-20-16(23)15-13-7-4-8-14(13)22(21-15)12-6-3-5-11(18)9-12;/h3,5-6,9H,4,7-8,10,19H2,1-2H3,(H,20,23);1H. The summed E-state index contributed by atoms with van der Waals surface area (Å²) in [6, 6.07) is 7.96. The Labute approximate surface area is 156 Å². The van der Waals surface area contributed by atoms with E-state index in [2.05, 4.69) is 26.3 Å². The quantitative estimate of drug-likeness (QED) is 0.809. The van der Waals surface area contributed by atoms with Crippen LogP contribution in [0.15, 0.2) is 28.7 Å². The van der Waals surface area contributed by atoms with Gasteiger partial charge in [-0.1, -0.05) is 22.0 Å². The van der Waals surface area contributed by atoms with Crippen molar-refractivity contribution < 1.29 is 4.79 Å². The predicted octanol–water partition coefficient (Wildman–Crippen LogP) is 3.01. The summed E-state index contributed by atoms with van der Waals surface area (Å²) in [5, 5.41) is 7.48. The highest BCUT2D eigenvalue weighted by Gasteiger charge is 2.27. The fourth-order valence-corrected chi connectivity index (χ4v) is 3.22. The molecule has 7 heteroatoms. The number of rotatable bonds is 4. The second-order valence-corrected chi connectivity index (χ2v) is 7.61. The molecule has 0 fully saturated rings. The highest BCUT2D eigenvalue weighted by Crippen LogP contribution is 2.28. The topological polar surface area (TPSA) is 72.9 Å². The van der Waals surface area contributed by atoms with Gasteiger partial charge in [0.25, 0.3) is 5.91 Å². The monoisotopic (exact) mass is 412 g/mol. The van der Waals surface area contributed by atoms with Gasteiger partial charge in [0.15, 0.2) is 5.69 Å². The van der Waals surface area contributed by atoms with Crippen LogP contribution in [0.25, 0.3) is 5.69 Å². The number of nitrogens with one attached hydrogen (secondary N) is 1. The molecular weight excluding hydrogens is 392 g/mol. The largest absolute Gasteiger partial charge is 0.349 e. The van der Waals surface area contributed by atoms with E-state index in [9.17, 15) is 4.79 Å². The lowest BCUT2D eigenvalue weighted by atomic mass is 10.1. The Hall–Kier alpha value is -1.37. The van der Waals surface area contributed by atoms with Crippen LogP contribution in [0.1, 0.15) is 42.0 Å². The molecule has 0 unspecified atom stereocenters. The van der Waals surface area contributed by atoms with E-state index in [0.717, 1.165) is 40.7 Å². The highest BCUT2D eigenvalue weighted by molar-refractivity contribution is 9.10. The molecule has 0 bridgehead atoms. The van der Waals surface area contributed by atoms with Crippen molar-refractivity contribution in [2.45, 2.75) is 38.6 Å². The normalized spacial score (nSPS) is 13.3. The van der Waals surface area contributed by atoms with Crippen molar-refractivity contribution in [2.24, 2.45) is 5.73 Å². The molecule has 2 aromatic rings. The first-order chi connectivity index (χ1) is 10.8. The lowest BCUT2D eigenvalue weighted by molar-refractivity contribution is 0.0939. The van der Waals surface area contributed by atoms with Gasteiger partial charge in [-0.2, -0.15) is 5.10 Å². The maximum atomic E-state index is 12.5. The molecule has 1 heterocycles. The van der Waals surface area contributed by atoms with E-state index in [4.69, 9.17) is 5.73 Å². The molecule has 0 saturated carbocycles. The lowest BCUT2D eigenvalue weighted by Crippen LogP contribution is -2.45. The zero-order valence-corrected chi connectivity index (χ0v) is 16.2. The van der Waals surface area contributed by atoms with Crippen LogP contribution in [0, 0.1) is 0 Å². The van der Waals surface area contributed by atoms with Gasteiger partial charge in [0.1, 0.15) is 0 Å². The molecule has 1 aromatic heterocycles. The van der Waals surface area contributed by atoms with Crippen LogP contribution in [0.5, 0.6) is 0 Å². The molecule has 1 aliphatic rings. The van der Waals surface area contributed by atoms with Crippen molar-refractivity contribution in [1.29, 1.82) is 0 Å². The number of benzene rings is 1. The molecule has 24 heavy (non-hydrogen) atoms. The van der Waals surface area contributed by atoms with Crippen molar-refractivity contribution in [1.82, 2.24) is 15.1 Å². The second kappa shape index (κ2) is 7.25. The van der Waals surface area contributed by atoms with E-state index in [1.807, 2.05) is 42.8 Å². The van der Waals surface area contributed by atoms with Crippen LogP contribution in [0.4, 0.5) is 0 Å². The van der Waals surface area contributed by atoms with E-state index < -0.39 is 5.54 Å². The summed E-state index contributed by atoms with van der Waals surface area (Å²) in [6.07, 6.45) is 2.91. The van der Waals surface area contributed by atoms with Crippen LogP contribution in [0.2, 0.25) is 0 Å². The Balaban J connectivity index is 0.00000208. The van der Waals surface area contributed by atoms with Crippen molar-refractivity contribution in [3.05, 3.63) is 45.7 Å².